The molecule has 1 saturated heterocycles. The maximum absolute atomic E-state index is 12.7. The normalized spacial score (nSPS) is 15.3. The molecule has 156 valence electrons. The fraction of sp³-hybridized carbons (Fsp3) is 0.364. The lowest BCUT2D eigenvalue weighted by molar-refractivity contribution is -0.121. The number of carbonyl (C=O) groups excluding carboxylic acids is 2. The van der Waals surface area contributed by atoms with Gasteiger partial charge in [-0.3, -0.25) is 9.59 Å². The van der Waals surface area contributed by atoms with Gasteiger partial charge in [0.2, 0.25) is 5.91 Å². The van der Waals surface area contributed by atoms with Crippen molar-refractivity contribution in [2.45, 2.75) is 12.8 Å². The fourth-order valence-corrected chi connectivity index (χ4v) is 3.42. The molecule has 1 atom stereocenters. The van der Waals surface area contributed by atoms with Gasteiger partial charge in [0.25, 0.3) is 5.91 Å². The van der Waals surface area contributed by atoms with E-state index in [2.05, 4.69) is 10.6 Å². The Balaban J connectivity index is 0.00000300. The standard InChI is InChI=1S/C22H27N3O3.ClH/c1-25(22(27)17-12-13-23-15-17)20-6-4-3-5-19(20)21(26)24-14-11-16-7-9-18(28-2)10-8-16;/h3-10,17,23H,11-15H2,1-2H3,(H,24,26);1H. The first-order valence-electron chi connectivity index (χ1n) is 9.58. The van der Waals surface area contributed by atoms with Crippen molar-refractivity contribution >= 4 is 29.9 Å². The SMILES string of the molecule is COc1ccc(CCNC(=O)c2ccccc2N(C)C(=O)C2CCNC2)cc1.Cl. The maximum atomic E-state index is 12.7. The topological polar surface area (TPSA) is 70.7 Å². The van der Waals surface area contributed by atoms with Gasteiger partial charge in [-0.2, -0.15) is 0 Å². The lowest BCUT2D eigenvalue weighted by Crippen LogP contribution is -2.36. The van der Waals surface area contributed by atoms with Gasteiger partial charge in [-0.1, -0.05) is 24.3 Å². The van der Waals surface area contributed by atoms with Crippen LogP contribution >= 0.6 is 12.4 Å². The van der Waals surface area contributed by atoms with Crippen molar-refractivity contribution < 1.29 is 14.3 Å². The van der Waals surface area contributed by atoms with Crippen LogP contribution in [-0.4, -0.2) is 45.6 Å². The molecule has 0 aliphatic carbocycles. The van der Waals surface area contributed by atoms with Crippen LogP contribution in [0.5, 0.6) is 5.75 Å². The van der Waals surface area contributed by atoms with E-state index in [0.717, 1.165) is 30.7 Å². The first kappa shape index (κ1) is 22.7. The number of anilines is 1. The van der Waals surface area contributed by atoms with Crippen molar-refractivity contribution in [3.8, 4) is 5.75 Å². The van der Waals surface area contributed by atoms with Crippen LogP contribution in [0.25, 0.3) is 0 Å². The molecule has 0 aromatic heterocycles. The van der Waals surface area contributed by atoms with Gasteiger partial charge < -0.3 is 20.3 Å². The van der Waals surface area contributed by atoms with E-state index in [-0.39, 0.29) is 30.1 Å². The number of carbonyl (C=O) groups is 2. The van der Waals surface area contributed by atoms with Crippen molar-refractivity contribution in [1.82, 2.24) is 10.6 Å². The number of benzene rings is 2. The van der Waals surface area contributed by atoms with Gasteiger partial charge in [-0.25, -0.2) is 0 Å². The molecule has 1 aliphatic rings. The van der Waals surface area contributed by atoms with E-state index in [1.54, 1.807) is 25.1 Å². The molecule has 3 rings (SSSR count). The Morgan fingerprint density at radius 1 is 1.17 bits per heavy atom. The first-order valence-corrected chi connectivity index (χ1v) is 9.58. The summed E-state index contributed by atoms with van der Waals surface area (Å²) < 4.78 is 5.16. The quantitative estimate of drug-likeness (QED) is 0.726. The second-order valence-electron chi connectivity index (χ2n) is 6.96. The Bertz CT molecular complexity index is 820. The Morgan fingerprint density at radius 3 is 2.55 bits per heavy atom. The summed E-state index contributed by atoms with van der Waals surface area (Å²) in [5.41, 5.74) is 2.27. The molecule has 2 amide bonds. The molecule has 0 radical (unpaired) electrons. The summed E-state index contributed by atoms with van der Waals surface area (Å²) in [7, 11) is 3.38. The zero-order chi connectivity index (χ0) is 19.9. The maximum Gasteiger partial charge on any atom is 0.253 e. The van der Waals surface area contributed by atoms with Crippen molar-refractivity contribution in [3.05, 3.63) is 59.7 Å². The van der Waals surface area contributed by atoms with Crippen molar-refractivity contribution in [2.75, 3.05) is 38.7 Å². The first-order chi connectivity index (χ1) is 13.6. The third-order valence-electron chi connectivity index (χ3n) is 5.11. The van der Waals surface area contributed by atoms with E-state index in [1.165, 1.54) is 0 Å². The lowest BCUT2D eigenvalue weighted by Gasteiger charge is -2.23. The predicted octanol–water partition coefficient (Wildman–Crippen LogP) is 2.66. The molecule has 1 fully saturated rings. The molecule has 29 heavy (non-hydrogen) atoms. The zero-order valence-electron chi connectivity index (χ0n) is 16.8. The number of nitrogens with zero attached hydrogens (tertiary/aromatic N) is 1. The van der Waals surface area contributed by atoms with E-state index in [9.17, 15) is 9.59 Å². The minimum atomic E-state index is -0.173. The summed E-state index contributed by atoms with van der Waals surface area (Å²) in [6, 6.07) is 15.0. The summed E-state index contributed by atoms with van der Waals surface area (Å²) in [6.07, 6.45) is 1.56. The number of nitrogens with one attached hydrogen (secondary N) is 2. The molecule has 2 aromatic rings. The molecular weight excluding hydrogens is 390 g/mol. The highest BCUT2D eigenvalue weighted by Crippen LogP contribution is 2.22. The molecule has 1 unspecified atom stereocenters. The zero-order valence-corrected chi connectivity index (χ0v) is 17.6. The summed E-state index contributed by atoms with van der Waals surface area (Å²) in [4.78, 5) is 27.0. The van der Waals surface area contributed by atoms with Crippen LogP contribution in [0.2, 0.25) is 0 Å². The van der Waals surface area contributed by atoms with Gasteiger partial charge in [0, 0.05) is 20.1 Å². The second kappa shape index (κ2) is 10.8. The summed E-state index contributed by atoms with van der Waals surface area (Å²) >= 11 is 0. The van der Waals surface area contributed by atoms with Gasteiger partial charge in [0.1, 0.15) is 5.75 Å². The van der Waals surface area contributed by atoms with E-state index in [4.69, 9.17) is 4.74 Å². The molecular formula is C22H28ClN3O3. The van der Waals surface area contributed by atoms with E-state index < -0.39 is 0 Å². The average Bonchev–Trinajstić information content (AvgIpc) is 3.28. The van der Waals surface area contributed by atoms with Gasteiger partial charge in [0.05, 0.1) is 24.3 Å². The average molecular weight is 418 g/mol. The van der Waals surface area contributed by atoms with Gasteiger partial charge >= 0.3 is 0 Å². The summed E-state index contributed by atoms with van der Waals surface area (Å²) in [5.74, 6) is 0.653. The monoisotopic (exact) mass is 417 g/mol. The Labute approximate surface area is 178 Å². The minimum absolute atomic E-state index is 0. The molecule has 1 aliphatic heterocycles. The number of ether oxygens (including phenoxy) is 1. The smallest absolute Gasteiger partial charge is 0.253 e. The molecule has 7 heteroatoms. The molecule has 2 N–H and O–H groups in total. The van der Waals surface area contributed by atoms with Crippen LogP contribution < -0.4 is 20.3 Å². The van der Waals surface area contributed by atoms with E-state index in [1.807, 2.05) is 42.5 Å². The number of amides is 2. The molecule has 6 nitrogen and oxygen atoms in total. The highest BCUT2D eigenvalue weighted by molar-refractivity contribution is 6.05. The number of methoxy groups -OCH3 is 1. The van der Waals surface area contributed by atoms with Gasteiger partial charge in [-0.05, 0) is 49.2 Å². The van der Waals surface area contributed by atoms with Crippen LogP contribution in [0.4, 0.5) is 5.69 Å². The third kappa shape index (κ3) is 5.71. The fourth-order valence-electron chi connectivity index (χ4n) is 3.42. The van der Waals surface area contributed by atoms with Gasteiger partial charge in [-0.15, -0.1) is 12.4 Å². The number of hydrogen-bond donors (Lipinski definition) is 2. The molecule has 2 aromatic carbocycles. The van der Waals surface area contributed by atoms with Crippen LogP contribution in [0.15, 0.2) is 48.5 Å². The predicted molar refractivity (Wildman–Crippen MR) is 117 cm³/mol. The third-order valence-corrected chi connectivity index (χ3v) is 5.11. The van der Waals surface area contributed by atoms with Crippen molar-refractivity contribution in [3.63, 3.8) is 0 Å². The van der Waals surface area contributed by atoms with Gasteiger partial charge in [0.15, 0.2) is 0 Å². The summed E-state index contributed by atoms with van der Waals surface area (Å²) in [6.45, 7) is 2.07. The molecule has 0 bridgehead atoms. The number of halogens is 1. The lowest BCUT2D eigenvalue weighted by atomic mass is 10.1. The van der Waals surface area contributed by atoms with Crippen molar-refractivity contribution in [1.29, 1.82) is 0 Å². The minimum Gasteiger partial charge on any atom is -0.497 e. The van der Waals surface area contributed by atoms with Crippen LogP contribution in [0.1, 0.15) is 22.3 Å². The number of rotatable bonds is 7. The molecule has 0 saturated carbocycles. The van der Waals surface area contributed by atoms with Crippen LogP contribution in [0.3, 0.4) is 0 Å². The van der Waals surface area contributed by atoms with E-state index in [0.29, 0.717) is 24.3 Å². The molecule has 0 spiro atoms. The second-order valence-corrected chi connectivity index (χ2v) is 6.96. The van der Waals surface area contributed by atoms with Crippen LogP contribution in [-0.2, 0) is 11.2 Å². The summed E-state index contributed by atoms with van der Waals surface area (Å²) in [5, 5.41) is 6.17. The number of para-hydroxylation sites is 1. The molecule has 1 heterocycles. The largest absolute Gasteiger partial charge is 0.497 e. The Morgan fingerprint density at radius 2 is 1.90 bits per heavy atom. The number of hydrogen-bond acceptors (Lipinski definition) is 4. The Kier molecular flexibility index (Phi) is 8.49. The Hall–Kier alpha value is -2.57. The highest BCUT2D eigenvalue weighted by atomic mass is 35.5. The van der Waals surface area contributed by atoms with E-state index >= 15 is 0 Å². The highest BCUT2D eigenvalue weighted by Gasteiger charge is 2.27. The van der Waals surface area contributed by atoms with Crippen LogP contribution in [0, 0.1) is 5.92 Å². The van der Waals surface area contributed by atoms with Crippen molar-refractivity contribution in [2.24, 2.45) is 5.92 Å².